The van der Waals surface area contributed by atoms with Crippen molar-refractivity contribution in [3.8, 4) is 11.3 Å². The molecule has 1 spiro atoms. The van der Waals surface area contributed by atoms with Crippen molar-refractivity contribution >= 4 is 5.91 Å². The quantitative estimate of drug-likeness (QED) is 0.705. The molecule has 4 atom stereocenters. The van der Waals surface area contributed by atoms with Gasteiger partial charge in [-0.15, -0.1) is 0 Å². The lowest BCUT2D eigenvalue weighted by Crippen LogP contribution is -2.60. The number of carbonyl (C=O) groups is 1. The van der Waals surface area contributed by atoms with Gasteiger partial charge in [0.1, 0.15) is 18.7 Å². The molecule has 2 aliphatic heterocycles. The van der Waals surface area contributed by atoms with Crippen LogP contribution < -0.4 is 0 Å². The van der Waals surface area contributed by atoms with Crippen LogP contribution in [0.1, 0.15) is 43.8 Å². The fourth-order valence-electron chi connectivity index (χ4n) is 6.06. The van der Waals surface area contributed by atoms with Gasteiger partial charge in [-0.2, -0.15) is 5.10 Å². The number of rotatable bonds is 3. The van der Waals surface area contributed by atoms with Crippen molar-refractivity contribution < 1.29 is 9.90 Å². The molecule has 1 aromatic carbocycles. The number of amides is 1. The zero-order valence-corrected chi connectivity index (χ0v) is 17.5. The molecule has 1 saturated carbocycles. The molecule has 8 heteroatoms. The number of fused-ring (bicyclic) bond motifs is 3. The molecule has 0 radical (unpaired) electrons. The number of aliphatic hydroxyl groups excluding tert-OH is 1. The first-order valence-corrected chi connectivity index (χ1v) is 11.0. The SMILES string of the molecule is CC(C(=O)N1CCC2(CC1)C[C@@H]([C@H]1c3ccccc3-c3cncn31)[C@H]2O)n1cncn1. The van der Waals surface area contributed by atoms with Gasteiger partial charge < -0.3 is 14.6 Å². The molecule has 8 nitrogen and oxygen atoms in total. The van der Waals surface area contributed by atoms with E-state index in [-0.39, 0.29) is 35.4 Å². The number of hydrogen-bond donors (Lipinski definition) is 1. The number of nitrogens with zero attached hydrogens (tertiary/aromatic N) is 6. The van der Waals surface area contributed by atoms with Crippen LogP contribution in [0.3, 0.4) is 0 Å². The van der Waals surface area contributed by atoms with E-state index in [9.17, 15) is 9.90 Å². The van der Waals surface area contributed by atoms with Crippen LogP contribution in [0.15, 0.2) is 49.4 Å². The zero-order valence-electron chi connectivity index (χ0n) is 17.5. The second-order valence-electron chi connectivity index (χ2n) is 9.27. The average molecular weight is 419 g/mol. The third-order valence-electron chi connectivity index (χ3n) is 7.86. The maximum atomic E-state index is 12.9. The summed E-state index contributed by atoms with van der Waals surface area (Å²) >= 11 is 0. The smallest absolute Gasteiger partial charge is 0.247 e. The van der Waals surface area contributed by atoms with Crippen molar-refractivity contribution in [3.63, 3.8) is 0 Å². The van der Waals surface area contributed by atoms with Crippen molar-refractivity contribution in [2.75, 3.05) is 13.1 Å². The standard InChI is InChI=1S/C23H26N6O2/c1-15(29-14-25-12-26-29)22(31)27-8-6-23(7-9-27)10-18(21(23)30)20-17-5-3-2-4-16(17)19-11-24-13-28(19)20/h2-5,11-15,18,20-21,30H,6-10H2,1H3/t15?,18-,20+,21+/m0/s1. The number of imidazole rings is 1. The molecule has 6 rings (SSSR count). The minimum atomic E-state index is -0.371. The van der Waals surface area contributed by atoms with Gasteiger partial charge in [0, 0.05) is 30.0 Å². The van der Waals surface area contributed by atoms with Crippen LogP contribution in [0.4, 0.5) is 0 Å². The first kappa shape index (κ1) is 18.7. The number of hydrogen-bond acceptors (Lipinski definition) is 5. The Balaban J connectivity index is 1.16. The summed E-state index contributed by atoms with van der Waals surface area (Å²) in [4.78, 5) is 23.1. The number of aromatic nitrogens is 5. The Kier molecular flexibility index (Phi) is 4.08. The summed E-state index contributed by atoms with van der Waals surface area (Å²) in [5, 5.41) is 15.5. The molecule has 31 heavy (non-hydrogen) atoms. The molecule has 2 aromatic heterocycles. The number of carbonyl (C=O) groups excluding carboxylic acids is 1. The van der Waals surface area contributed by atoms with E-state index in [0.717, 1.165) is 25.0 Å². The fraction of sp³-hybridized carbons (Fsp3) is 0.478. The van der Waals surface area contributed by atoms with Crippen molar-refractivity contribution in [2.24, 2.45) is 11.3 Å². The lowest BCUT2D eigenvalue weighted by molar-refractivity contribution is -0.165. The Morgan fingerprint density at radius 2 is 2.00 bits per heavy atom. The Morgan fingerprint density at radius 1 is 1.19 bits per heavy atom. The maximum Gasteiger partial charge on any atom is 0.247 e. The van der Waals surface area contributed by atoms with E-state index in [1.165, 1.54) is 17.5 Å². The van der Waals surface area contributed by atoms with Crippen LogP contribution in [0, 0.1) is 11.3 Å². The second kappa shape index (κ2) is 6.75. The van der Waals surface area contributed by atoms with E-state index < -0.39 is 0 Å². The Hall–Kier alpha value is -3.00. The highest BCUT2D eigenvalue weighted by Crippen LogP contribution is 2.59. The largest absolute Gasteiger partial charge is 0.392 e. The van der Waals surface area contributed by atoms with Crippen LogP contribution in [-0.2, 0) is 4.79 Å². The minimum Gasteiger partial charge on any atom is -0.392 e. The van der Waals surface area contributed by atoms with E-state index in [0.29, 0.717) is 13.1 Å². The van der Waals surface area contributed by atoms with Gasteiger partial charge in [0.2, 0.25) is 5.91 Å². The summed E-state index contributed by atoms with van der Waals surface area (Å²) in [7, 11) is 0. The normalized spacial score (nSPS) is 26.9. The maximum absolute atomic E-state index is 12.9. The lowest BCUT2D eigenvalue weighted by Gasteiger charge is -2.58. The highest BCUT2D eigenvalue weighted by Gasteiger charge is 2.58. The molecular weight excluding hydrogens is 392 g/mol. The second-order valence-corrected chi connectivity index (χ2v) is 9.27. The van der Waals surface area contributed by atoms with Gasteiger partial charge in [0.15, 0.2) is 0 Å². The van der Waals surface area contributed by atoms with Crippen molar-refractivity contribution in [1.82, 2.24) is 29.2 Å². The van der Waals surface area contributed by atoms with E-state index in [1.54, 1.807) is 11.0 Å². The topological polar surface area (TPSA) is 89.1 Å². The number of piperidine rings is 1. The number of benzene rings is 1. The van der Waals surface area contributed by atoms with Gasteiger partial charge in [0.25, 0.3) is 0 Å². The van der Waals surface area contributed by atoms with Crippen LogP contribution in [0.2, 0.25) is 0 Å². The van der Waals surface area contributed by atoms with Gasteiger partial charge in [0.05, 0.1) is 30.4 Å². The first-order chi connectivity index (χ1) is 15.1. The number of likely N-dealkylation sites (tertiary alicyclic amines) is 1. The van der Waals surface area contributed by atoms with Crippen LogP contribution in [-0.4, -0.2) is 59.4 Å². The van der Waals surface area contributed by atoms with E-state index in [4.69, 9.17) is 0 Å². The molecule has 1 saturated heterocycles. The zero-order chi connectivity index (χ0) is 21.2. The molecule has 160 valence electrons. The van der Waals surface area contributed by atoms with Gasteiger partial charge >= 0.3 is 0 Å². The van der Waals surface area contributed by atoms with E-state index in [2.05, 4.69) is 43.9 Å². The molecule has 4 heterocycles. The summed E-state index contributed by atoms with van der Waals surface area (Å²) in [6.07, 6.45) is 9.13. The van der Waals surface area contributed by atoms with Crippen LogP contribution in [0.25, 0.3) is 11.3 Å². The fourth-order valence-corrected chi connectivity index (χ4v) is 6.06. The lowest BCUT2D eigenvalue weighted by atomic mass is 9.53. The van der Waals surface area contributed by atoms with Crippen molar-refractivity contribution in [2.45, 2.75) is 44.4 Å². The van der Waals surface area contributed by atoms with Gasteiger partial charge in [-0.25, -0.2) is 14.6 Å². The van der Waals surface area contributed by atoms with Gasteiger partial charge in [-0.3, -0.25) is 4.79 Å². The van der Waals surface area contributed by atoms with Crippen molar-refractivity contribution in [3.05, 3.63) is 55.0 Å². The van der Waals surface area contributed by atoms with Crippen LogP contribution >= 0.6 is 0 Å². The summed E-state index contributed by atoms with van der Waals surface area (Å²) < 4.78 is 3.82. The molecule has 1 aliphatic carbocycles. The van der Waals surface area contributed by atoms with Gasteiger partial charge in [-0.05, 0) is 31.7 Å². The molecule has 2 fully saturated rings. The average Bonchev–Trinajstić information content (AvgIpc) is 3.55. The third kappa shape index (κ3) is 2.64. The molecule has 1 unspecified atom stereocenters. The molecule has 0 bridgehead atoms. The summed E-state index contributed by atoms with van der Waals surface area (Å²) in [6.45, 7) is 3.22. The monoisotopic (exact) mass is 418 g/mol. The minimum absolute atomic E-state index is 0.0680. The third-order valence-corrected chi connectivity index (χ3v) is 7.86. The predicted molar refractivity (Wildman–Crippen MR) is 113 cm³/mol. The van der Waals surface area contributed by atoms with E-state index >= 15 is 0 Å². The predicted octanol–water partition coefficient (Wildman–Crippen LogP) is 2.30. The highest BCUT2D eigenvalue weighted by atomic mass is 16.3. The van der Waals surface area contributed by atoms with E-state index in [1.807, 2.05) is 24.3 Å². The number of aliphatic hydroxyl groups is 1. The molecular formula is C23H26N6O2. The first-order valence-electron chi connectivity index (χ1n) is 11.0. The van der Waals surface area contributed by atoms with Gasteiger partial charge in [-0.1, -0.05) is 24.3 Å². The highest BCUT2D eigenvalue weighted by molar-refractivity contribution is 5.80. The molecule has 3 aromatic rings. The van der Waals surface area contributed by atoms with Crippen molar-refractivity contribution in [1.29, 1.82) is 0 Å². The summed E-state index contributed by atoms with van der Waals surface area (Å²) in [6, 6.07) is 8.24. The Morgan fingerprint density at radius 3 is 2.74 bits per heavy atom. The summed E-state index contributed by atoms with van der Waals surface area (Å²) in [5.41, 5.74) is 3.56. The molecule has 1 amide bonds. The Labute approximate surface area is 180 Å². The molecule has 3 aliphatic rings. The Bertz CT molecular complexity index is 1110. The van der Waals surface area contributed by atoms with Crippen LogP contribution in [0.5, 0.6) is 0 Å². The summed E-state index contributed by atoms with van der Waals surface area (Å²) in [5.74, 6) is 0.242. The molecule has 1 N–H and O–H groups in total.